The van der Waals surface area contributed by atoms with Gasteiger partial charge >= 0.3 is 23.9 Å². The quantitative estimate of drug-likeness (QED) is 0.105. The van der Waals surface area contributed by atoms with Crippen molar-refractivity contribution in [1.29, 1.82) is 0 Å². The monoisotopic (exact) mass is 530 g/mol. The molecule has 0 atom stereocenters. The van der Waals surface area contributed by atoms with Crippen molar-refractivity contribution in [3.8, 4) is 0 Å². The van der Waals surface area contributed by atoms with Gasteiger partial charge in [0.15, 0.2) is 0 Å². The summed E-state index contributed by atoms with van der Waals surface area (Å²) in [6.45, 7) is 20.1. The van der Waals surface area contributed by atoms with Crippen LogP contribution in [0.2, 0.25) is 0 Å². The maximum Gasteiger partial charge on any atom is 0.331 e. The lowest BCUT2D eigenvalue weighted by atomic mass is 10.2. The summed E-state index contributed by atoms with van der Waals surface area (Å²) in [5.74, 6) is -3.97. The molecule has 0 rings (SSSR count). The van der Waals surface area contributed by atoms with E-state index in [0.717, 1.165) is 31.1 Å². The van der Waals surface area contributed by atoms with E-state index in [1.165, 1.54) is 6.08 Å². The number of unbranched alkanes of at least 4 members (excludes halogenated alkanes) is 1. The Kier molecular flexibility index (Phi) is 38.8. The zero-order valence-electron chi connectivity index (χ0n) is 21.3. The molecule has 6 N–H and O–H groups in total. The van der Waals surface area contributed by atoms with E-state index in [1.807, 2.05) is 6.92 Å². The Bertz CT molecular complexity index is 738. The van der Waals surface area contributed by atoms with Crippen molar-refractivity contribution in [2.75, 3.05) is 19.9 Å². The molecule has 0 heterocycles. The van der Waals surface area contributed by atoms with Crippen LogP contribution < -0.4 is 11.1 Å². The van der Waals surface area contributed by atoms with Gasteiger partial charge < -0.3 is 35.8 Å². The lowest BCUT2D eigenvalue weighted by Gasteiger charge is -1.97. The molecule has 0 fully saturated rings. The fraction of sp³-hybridized carbons (Fsp3) is 0.333. The summed E-state index contributed by atoms with van der Waals surface area (Å²) in [4.78, 5) is 59.6. The molecule has 0 aliphatic rings. The first-order chi connectivity index (χ1) is 17.2. The number of nitrogens with one attached hydrogen (secondary N) is 1. The van der Waals surface area contributed by atoms with Gasteiger partial charge in [0.1, 0.15) is 6.73 Å². The Labute approximate surface area is 216 Å². The Balaban J connectivity index is -0.000000117. The average molecular weight is 531 g/mol. The van der Waals surface area contributed by atoms with E-state index in [1.54, 1.807) is 6.92 Å². The van der Waals surface area contributed by atoms with Crippen LogP contribution in [0.1, 0.15) is 33.1 Å². The van der Waals surface area contributed by atoms with E-state index in [4.69, 9.17) is 15.3 Å². The summed E-state index contributed by atoms with van der Waals surface area (Å²) in [6, 6.07) is 0. The molecular weight excluding hydrogens is 492 g/mol. The van der Waals surface area contributed by atoms with E-state index in [2.05, 4.69) is 53.4 Å². The maximum absolute atomic E-state index is 10.3. The number of carbonyl (C=O) groups is 6. The van der Waals surface area contributed by atoms with Crippen molar-refractivity contribution < 1.29 is 53.6 Å². The molecule has 0 saturated carbocycles. The highest BCUT2D eigenvalue weighted by Gasteiger charge is 2.07. The van der Waals surface area contributed by atoms with Gasteiger partial charge in [0.05, 0.1) is 19.6 Å². The van der Waals surface area contributed by atoms with E-state index in [0.29, 0.717) is 13.2 Å². The van der Waals surface area contributed by atoms with Crippen LogP contribution in [0, 0.1) is 0 Å². The number of hydrogen-bond donors (Lipinski definition) is 5. The molecule has 13 nitrogen and oxygen atoms in total. The summed E-state index contributed by atoms with van der Waals surface area (Å²) in [6.07, 6.45) is 5.94. The number of ether oxygens (including phenoxy) is 2. The highest BCUT2D eigenvalue weighted by Crippen LogP contribution is 1.95. The third-order valence-electron chi connectivity index (χ3n) is 2.67. The second-order valence-electron chi connectivity index (χ2n) is 5.67. The number of hydrogen-bond acceptors (Lipinski definition) is 9. The van der Waals surface area contributed by atoms with Crippen molar-refractivity contribution in [2.24, 2.45) is 5.73 Å². The first-order valence-electron chi connectivity index (χ1n) is 10.4. The van der Waals surface area contributed by atoms with Gasteiger partial charge in [-0.25, -0.2) is 14.4 Å². The molecule has 0 aromatic heterocycles. The number of carboxylic acids is 2. The molecule has 0 bridgehead atoms. The lowest BCUT2D eigenvalue weighted by molar-refractivity contribution is -0.139. The maximum atomic E-state index is 10.3. The SMILES string of the molecule is C=C(CC(=O)O)C(=O)O.C=CC(=O)NCO.C=CC(=O)OCC.C=CC(=O)OCCCC.C=CC(N)=O. The van der Waals surface area contributed by atoms with Crippen LogP contribution in [0.3, 0.4) is 0 Å². The number of amides is 2. The van der Waals surface area contributed by atoms with Gasteiger partial charge in [-0.2, -0.15) is 0 Å². The number of nitrogens with two attached hydrogens (primary N) is 1. The molecule has 0 aromatic carbocycles. The van der Waals surface area contributed by atoms with Gasteiger partial charge in [-0.3, -0.25) is 14.4 Å². The second-order valence-corrected chi connectivity index (χ2v) is 5.67. The first kappa shape index (κ1) is 42.6. The fourth-order valence-corrected chi connectivity index (χ4v) is 0.985. The summed E-state index contributed by atoms with van der Waals surface area (Å²) in [7, 11) is 0. The van der Waals surface area contributed by atoms with Gasteiger partial charge in [0, 0.05) is 17.7 Å². The molecule has 210 valence electrons. The van der Waals surface area contributed by atoms with Crippen molar-refractivity contribution in [3.63, 3.8) is 0 Å². The van der Waals surface area contributed by atoms with E-state index >= 15 is 0 Å². The number of carbonyl (C=O) groups excluding carboxylic acids is 4. The van der Waals surface area contributed by atoms with Crippen molar-refractivity contribution in [2.45, 2.75) is 33.1 Å². The van der Waals surface area contributed by atoms with Gasteiger partial charge in [-0.15, -0.1) is 0 Å². The lowest BCUT2D eigenvalue weighted by Crippen LogP contribution is -2.20. The highest BCUT2D eigenvalue weighted by atomic mass is 16.5. The molecule has 0 unspecified atom stereocenters. The molecule has 13 heteroatoms. The molecule has 0 radical (unpaired) electrons. The van der Waals surface area contributed by atoms with Gasteiger partial charge in [0.2, 0.25) is 11.8 Å². The van der Waals surface area contributed by atoms with Gasteiger partial charge in [-0.05, 0) is 25.5 Å². The van der Waals surface area contributed by atoms with Crippen LogP contribution in [0.15, 0.2) is 62.8 Å². The Morgan fingerprint density at radius 3 is 1.51 bits per heavy atom. The third kappa shape index (κ3) is 54.1. The summed E-state index contributed by atoms with van der Waals surface area (Å²) >= 11 is 0. The molecule has 0 spiro atoms. The topological polar surface area (TPSA) is 220 Å². The Morgan fingerprint density at radius 1 is 0.865 bits per heavy atom. The van der Waals surface area contributed by atoms with Crippen LogP contribution >= 0.6 is 0 Å². The summed E-state index contributed by atoms with van der Waals surface area (Å²) in [5, 5.41) is 26.2. The average Bonchev–Trinajstić information content (AvgIpc) is 2.85. The number of aliphatic hydroxyl groups excluding tert-OH is 1. The number of aliphatic carboxylic acids is 2. The molecular formula is C24H38N2O11. The zero-order chi connectivity index (χ0) is 30.2. The summed E-state index contributed by atoms with van der Waals surface area (Å²) in [5.41, 5.74) is 4.23. The molecule has 2 amide bonds. The van der Waals surface area contributed by atoms with E-state index < -0.39 is 24.3 Å². The number of primary amides is 1. The standard InChI is InChI=1S/C7H12O2.C5H6O4.C5H8O2.C4H7NO2.C3H5NO/c1-3-5-6-9-7(8)4-2;1-3(5(8)9)2-4(6)7;1-3-5(6)7-4-2;1-2-4(7)5-3-6;1-2-3(4)5/h4H,2-3,5-6H2,1H3;1-2H2,(H,6,7)(H,8,9);3H,1,4H2,2H3;2,6H,1,3H2,(H,5,7);2H,1H2,(H2,4,5). The molecule has 0 saturated heterocycles. The van der Waals surface area contributed by atoms with Crippen LogP contribution in [0.5, 0.6) is 0 Å². The number of esters is 2. The number of rotatable bonds is 12. The van der Waals surface area contributed by atoms with E-state index in [-0.39, 0.29) is 30.1 Å². The van der Waals surface area contributed by atoms with Gasteiger partial charge in [0.25, 0.3) is 0 Å². The molecule has 0 aromatic rings. The highest BCUT2D eigenvalue weighted by molar-refractivity contribution is 5.91. The first-order valence-corrected chi connectivity index (χ1v) is 10.4. The van der Waals surface area contributed by atoms with Crippen LogP contribution in [0.25, 0.3) is 0 Å². The predicted octanol–water partition coefficient (Wildman–Crippen LogP) is 1.25. The summed E-state index contributed by atoms with van der Waals surface area (Å²) < 4.78 is 9.11. The van der Waals surface area contributed by atoms with Crippen LogP contribution in [-0.4, -0.2) is 71.0 Å². The minimum atomic E-state index is -1.27. The number of carboxylic acid groups (broad SMARTS) is 2. The fourth-order valence-electron chi connectivity index (χ4n) is 0.985. The van der Waals surface area contributed by atoms with Crippen molar-refractivity contribution in [3.05, 3.63) is 62.8 Å². The largest absolute Gasteiger partial charge is 0.481 e. The van der Waals surface area contributed by atoms with Gasteiger partial charge in [-0.1, -0.05) is 46.2 Å². The zero-order valence-corrected chi connectivity index (χ0v) is 21.3. The predicted molar refractivity (Wildman–Crippen MR) is 137 cm³/mol. The molecule has 37 heavy (non-hydrogen) atoms. The second kappa shape index (κ2) is 33.7. The molecule has 0 aliphatic carbocycles. The minimum absolute atomic E-state index is 0.303. The molecule has 0 aliphatic heterocycles. The Morgan fingerprint density at radius 2 is 1.32 bits per heavy atom. The van der Waals surface area contributed by atoms with Crippen molar-refractivity contribution >= 4 is 35.7 Å². The van der Waals surface area contributed by atoms with Crippen molar-refractivity contribution in [1.82, 2.24) is 5.32 Å². The smallest absolute Gasteiger partial charge is 0.331 e. The Hall–Kier alpha value is -4.52. The van der Waals surface area contributed by atoms with E-state index in [9.17, 15) is 28.8 Å². The van der Waals surface area contributed by atoms with Crippen LogP contribution in [-0.2, 0) is 38.2 Å². The minimum Gasteiger partial charge on any atom is -0.481 e. The van der Waals surface area contributed by atoms with Crippen LogP contribution in [0.4, 0.5) is 0 Å². The number of aliphatic hydroxyl groups is 1. The third-order valence-corrected chi connectivity index (χ3v) is 2.67. The normalized spacial score (nSPS) is 7.86.